The average Bonchev–Trinajstić information content (AvgIpc) is 2.90. The van der Waals surface area contributed by atoms with E-state index in [1.807, 2.05) is 6.07 Å². The summed E-state index contributed by atoms with van der Waals surface area (Å²) in [6, 6.07) is 3.55. The molecule has 1 aliphatic rings. The van der Waals surface area contributed by atoms with Gasteiger partial charge in [-0.2, -0.15) is 13.2 Å². The van der Waals surface area contributed by atoms with Gasteiger partial charge in [0.15, 0.2) is 12.4 Å². The van der Waals surface area contributed by atoms with E-state index in [0.29, 0.717) is 28.1 Å². The molecular weight excluding hydrogens is 367 g/mol. The molecule has 2 aromatic rings. The second kappa shape index (κ2) is 6.96. The number of nitrogens with zero attached hydrogens (tertiary/aromatic N) is 1. The van der Waals surface area contributed by atoms with Gasteiger partial charge in [0.1, 0.15) is 5.75 Å². The van der Waals surface area contributed by atoms with Crippen LogP contribution in [0.25, 0.3) is 10.1 Å². The number of fused-ring (bicyclic) bond motifs is 1. The van der Waals surface area contributed by atoms with Gasteiger partial charge in [-0.3, -0.25) is 4.79 Å². The number of thiophene rings is 1. The predicted molar refractivity (Wildman–Crippen MR) is 97.2 cm³/mol. The Balaban J connectivity index is 2.05. The van der Waals surface area contributed by atoms with Crippen LogP contribution in [0.2, 0.25) is 0 Å². The summed E-state index contributed by atoms with van der Waals surface area (Å²) in [7, 11) is 0. The van der Waals surface area contributed by atoms with Gasteiger partial charge in [0.2, 0.25) is 0 Å². The molecule has 2 heterocycles. The number of hydrogen-bond donors (Lipinski definition) is 2. The van der Waals surface area contributed by atoms with Gasteiger partial charge in [-0.05, 0) is 18.9 Å². The van der Waals surface area contributed by atoms with Crippen LogP contribution in [-0.4, -0.2) is 37.7 Å². The van der Waals surface area contributed by atoms with Crippen molar-refractivity contribution in [3.05, 3.63) is 17.0 Å². The highest BCUT2D eigenvalue weighted by Gasteiger charge is 2.30. The summed E-state index contributed by atoms with van der Waals surface area (Å²) in [5.41, 5.74) is 12.9. The number of carbonyl (C=O) groups is 1. The van der Waals surface area contributed by atoms with Crippen molar-refractivity contribution in [3.8, 4) is 5.75 Å². The minimum atomic E-state index is -4.46. The maximum atomic E-state index is 12.6. The lowest BCUT2D eigenvalue weighted by Gasteiger charge is -2.32. The molecule has 9 heteroatoms. The normalized spacial score (nSPS) is 16.3. The van der Waals surface area contributed by atoms with Crippen molar-refractivity contribution in [2.75, 3.05) is 30.3 Å². The first-order chi connectivity index (χ1) is 12.2. The fourth-order valence-electron chi connectivity index (χ4n) is 3.08. The van der Waals surface area contributed by atoms with Crippen LogP contribution in [0.15, 0.2) is 12.1 Å². The van der Waals surface area contributed by atoms with Crippen molar-refractivity contribution >= 4 is 38.6 Å². The highest BCUT2D eigenvalue weighted by molar-refractivity contribution is 7.21. The third-order valence-corrected chi connectivity index (χ3v) is 5.65. The van der Waals surface area contributed by atoms with E-state index in [1.54, 1.807) is 6.07 Å². The van der Waals surface area contributed by atoms with Gasteiger partial charge in [-0.1, -0.05) is 0 Å². The maximum Gasteiger partial charge on any atom is 0.422 e. The molecule has 142 valence electrons. The van der Waals surface area contributed by atoms with E-state index >= 15 is 0 Å². The highest BCUT2D eigenvalue weighted by atomic mass is 32.1. The zero-order valence-electron chi connectivity index (χ0n) is 14.2. The summed E-state index contributed by atoms with van der Waals surface area (Å²) < 4.78 is 43.6. The fourth-order valence-corrected chi connectivity index (χ4v) is 4.14. The third kappa shape index (κ3) is 3.88. The van der Waals surface area contributed by atoms with Crippen LogP contribution in [0.3, 0.4) is 0 Å². The van der Waals surface area contributed by atoms with Crippen molar-refractivity contribution < 1.29 is 22.7 Å². The van der Waals surface area contributed by atoms with Gasteiger partial charge in [0, 0.05) is 42.5 Å². The summed E-state index contributed by atoms with van der Waals surface area (Å²) >= 11 is 1.17. The summed E-state index contributed by atoms with van der Waals surface area (Å²) in [5, 5.41) is 0.363. The monoisotopic (exact) mass is 387 g/mol. The van der Waals surface area contributed by atoms with Crippen LogP contribution in [0, 0.1) is 0 Å². The number of nitrogen functional groups attached to an aromatic ring is 1. The SMILES string of the molecule is CC(=O)c1sc2cc(N3CCC(N)CC3)cc(OCC(F)(F)F)c2c1N. The van der Waals surface area contributed by atoms with E-state index in [9.17, 15) is 18.0 Å². The number of alkyl halides is 3. The standard InChI is InChI=1S/C17H20F3N3O2S/c1-9(24)16-15(22)14-12(25-8-17(18,19)20)6-11(7-13(14)26-16)23-4-2-10(21)3-5-23/h6-7,10H,2-5,8,21-22H2,1H3. The van der Waals surface area contributed by atoms with Crippen LogP contribution >= 0.6 is 11.3 Å². The largest absolute Gasteiger partial charge is 0.483 e. The second-order valence-corrected chi connectivity index (χ2v) is 7.50. The quantitative estimate of drug-likeness (QED) is 0.784. The van der Waals surface area contributed by atoms with Gasteiger partial charge in [0.25, 0.3) is 0 Å². The summed E-state index contributed by atoms with van der Waals surface area (Å²) in [6.45, 7) is 1.39. The van der Waals surface area contributed by atoms with Crippen LogP contribution in [0.4, 0.5) is 24.5 Å². The number of Topliss-reactive ketones (excluding diaryl/α,β-unsaturated/α-hetero) is 1. The number of benzene rings is 1. The number of carbonyl (C=O) groups excluding carboxylic acids is 1. The number of ether oxygens (including phenoxy) is 1. The first kappa shape index (κ1) is 18.8. The van der Waals surface area contributed by atoms with Crippen molar-refractivity contribution in [2.45, 2.75) is 32.0 Å². The predicted octanol–water partition coefficient (Wildman–Crippen LogP) is 3.55. The van der Waals surface area contributed by atoms with Crippen LogP contribution in [0.1, 0.15) is 29.4 Å². The van der Waals surface area contributed by atoms with Gasteiger partial charge >= 0.3 is 6.18 Å². The van der Waals surface area contributed by atoms with Crippen molar-refractivity contribution in [2.24, 2.45) is 5.73 Å². The van der Waals surface area contributed by atoms with Gasteiger partial charge in [-0.15, -0.1) is 11.3 Å². The molecule has 0 spiro atoms. The van der Waals surface area contributed by atoms with E-state index in [-0.39, 0.29) is 23.3 Å². The smallest absolute Gasteiger partial charge is 0.422 e. The molecular formula is C17H20F3N3O2S. The maximum absolute atomic E-state index is 12.6. The van der Waals surface area contributed by atoms with Gasteiger partial charge in [-0.25, -0.2) is 0 Å². The highest BCUT2D eigenvalue weighted by Crippen LogP contribution is 2.43. The third-order valence-electron chi connectivity index (χ3n) is 4.39. The Morgan fingerprint density at radius 3 is 2.58 bits per heavy atom. The van der Waals surface area contributed by atoms with Gasteiger partial charge in [0.05, 0.1) is 16.0 Å². The molecule has 0 atom stereocenters. The molecule has 5 nitrogen and oxygen atoms in total. The molecule has 0 unspecified atom stereocenters. The molecule has 0 amide bonds. The van der Waals surface area contributed by atoms with Crippen LogP contribution in [0.5, 0.6) is 5.75 Å². The lowest BCUT2D eigenvalue weighted by molar-refractivity contribution is -0.153. The second-order valence-electron chi connectivity index (χ2n) is 6.45. The Labute approximate surface area is 152 Å². The Bertz CT molecular complexity index is 827. The van der Waals surface area contributed by atoms with E-state index in [4.69, 9.17) is 16.2 Å². The van der Waals surface area contributed by atoms with E-state index in [0.717, 1.165) is 18.5 Å². The zero-order chi connectivity index (χ0) is 19.1. The molecule has 0 saturated carbocycles. The molecule has 26 heavy (non-hydrogen) atoms. The van der Waals surface area contributed by atoms with E-state index in [2.05, 4.69) is 4.90 Å². The molecule has 0 bridgehead atoms. The summed E-state index contributed by atoms with van der Waals surface area (Å²) in [6.07, 6.45) is -2.85. The molecule has 4 N–H and O–H groups in total. The Kier molecular flexibility index (Phi) is 5.03. The lowest BCUT2D eigenvalue weighted by atomic mass is 10.0. The van der Waals surface area contributed by atoms with Crippen molar-refractivity contribution in [3.63, 3.8) is 0 Å². The number of nitrogens with two attached hydrogens (primary N) is 2. The Hall–Kier alpha value is -2.00. The Morgan fingerprint density at radius 2 is 2.00 bits per heavy atom. The summed E-state index contributed by atoms with van der Waals surface area (Å²) in [5.74, 6) is -0.179. The average molecular weight is 387 g/mol. The minimum absolute atomic E-state index is 0.0472. The number of ketones is 1. The lowest BCUT2D eigenvalue weighted by Crippen LogP contribution is -2.39. The van der Waals surface area contributed by atoms with E-state index < -0.39 is 12.8 Å². The fraction of sp³-hybridized carbons (Fsp3) is 0.471. The summed E-state index contributed by atoms with van der Waals surface area (Å²) in [4.78, 5) is 14.2. The Morgan fingerprint density at radius 1 is 1.35 bits per heavy atom. The zero-order valence-corrected chi connectivity index (χ0v) is 15.0. The number of halogens is 3. The number of anilines is 2. The number of rotatable bonds is 4. The van der Waals surface area contributed by atoms with Crippen LogP contribution < -0.4 is 21.1 Å². The molecule has 1 fully saturated rings. The number of piperidine rings is 1. The van der Waals surface area contributed by atoms with Crippen molar-refractivity contribution in [1.82, 2.24) is 0 Å². The molecule has 0 aliphatic carbocycles. The topological polar surface area (TPSA) is 81.6 Å². The van der Waals surface area contributed by atoms with Crippen molar-refractivity contribution in [1.29, 1.82) is 0 Å². The number of hydrogen-bond acceptors (Lipinski definition) is 6. The molecule has 1 aromatic carbocycles. The molecule has 1 aliphatic heterocycles. The van der Waals surface area contributed by atoms with E-state index in [1.165, 1.54) is 18.3 Å². The first-order valence-electron chi connectivity index (χ1n) is 8.22. The van der Waals surface area contributed by atoms with Gasteiger partial charge < -0.3 is 21.1 Å². The molecule has 1 aromatic heterocycles. The first-order valence-corrected chi connectivity index (χ1v) is 9.04. The molecule has 1 saturated heterocycles. The van der Waals surface area contributed by atoms with Crippen LogP contribution in [-0.2, 0) is 0 Å². The molecule has 0 radical (unpaired) electrons. The minimum Gasteiger partial charge on any atom is -0.483 e. The molecule has 3 rings (SSSR count).